The smallest absolute Gasteiger partial charge is 0.411 e. The van der Waals surface area contributed by atoms with Crippen LogP contribution in [-0.2, 0) is 23.8 Å². The minimum Gasteiger partial charge on any atom is -0.469 e. The summed E-state index contributed by atoms with van der Waals surface area (Å²) in [4.78, 5) is 38.0. The van der Waals surface area contributed by atoms with Gasteiger partial charge in [-0.05, 0) is 54.4 Å². The zero-order valence-corrected chi connectivity index (χ0v) is 15.7. The van der Waals surface area contributed by atoms with E-state index in [1.54, 1.807) is 41.5 Å². The van der Waals surface area contributed by atoms with Crippen LogP contribution in [0.1, 0.15) is 54.4 Å². The summed E-state index contributed by atoms with van der Waals surface area (Å²) >= 11 is 0. The molecule has 1 aliphatic rings. The Labute approximate surface area is 143 Å². The molecule has 24 heavy (non-hydrogen) atoms. The van der Waals surface area contributed by atoms with Crippen molar-refractivity contribution in [3.8, 4) is 0 Å². The van der Waals surface area contributed by atoms with E-state index >= 15 is 0 Å². The van der Waals surface area contributed by atoms with Crippen LogP contribution in [-0.4, -0.2) is 53.8 Å². The lowest BCUT2D eigenvalue weighted by molar-refractivity contribution is -0.165. The Morgan fingerprint density at radius 1 is 0.875 bits per heavy atom. The average Bonchev–Trinajstić information content (AvgIpc) is 2.42. The summed E-state index contributed by atoms with van der Waals surface area (Å²) in [6.07, 6.45) is 0.149. The maximum Gasteiger partial charge on any atom is 0.411 e. The molecule has 0 N–H and O–H groups in total. The predicted molar refractivity (Wildman–Crippen MR) is 87.3 cm³/mol. The second-order valence-electron chi connectivity index (χ2n) is 7.98. The largest absolute Gasteiger partial charge is 0.469 e. The van der Waals surface area contributed by atoms with Gasteiger partial charge >= 0.3 is 18.0 Å². The maximum atomic E-state index is 12.5. The Morgan fingerprint density at radius 2 is 1.42 bits per heavy atom. The molecule has 1 fully saturated rings. The van der Waals surface area contributed by atoms with E-state index in [0.717, 1.165) is 0 Å². The van der Waals surface area contributed by atoms with Crippen molar-refractivity contribution in [2.45, 2.75) is 71.6 Å². The molecule has 0 radical (unpaired) electrons. The van der Waals surface area contributed by atoms with Crippen molar-refractivity contribution in [3.63, 3.8) is 0 Å². The van der Waals surface area contributed by atoms with Gasteiger partial charge in [0.15, 0.2) is 0 Å². The van der Waals surface area contributed by atoms with Gasteiger partial charge in [0, 0.05) is 6.54 Å². The van der Waals surface area contributed by atoms with Gasteiger partial charge in [-0.1, -0.05) is 0 Å². The first kappa shape index (κ1) is 20.3. The summed E-state index contributed by atoms with van der Waals surface area (Å²) in [5.74, 6) is -1.36. The third-order valence-electron chi connectivity index (χ3n) is 3.42. The highest BCUT2D eigenvalue weighted by molar-refractivity contribution is 5.83. The number of esters is 2. The van der Waals surface area contributed by atoms with Crippen LogP contribution in [0.4, 0.5) is 4.79 Å². The Bertz CT molecular complexity index is 488. The predicted octanol–water partition coefficient (Wildman–Crippen LogP) is 2.52. The summed E-state index contributed by atoms with van der Waals surface area (Å²) in [5.41, 5.74) is -1.36. The maximum absolute atomic E-state index is 12.5. The van der Waals surface area contributed by atoms with E-state index in [0.29, 0.717) is 12.8 Å². The van der Waals surface area contributed by atoms with Crippen LogP contribution < -0.4 is 0 Å². The topological polar surface area (TPSA) is 82.1 Å². The van der Waals surface area contributed by atoms with Gasteiger partial charge in [-0.3, -0.25) is 9.69 Å². The minimum absolute atomic E-state index is 0.0749. The van der Waals surface area contributed by atoms with E-state index in [1.165, 1.54) is 12.0 Å². The second kappa shape index (κ2) is 7.40. The van der Waals surface area contributed by atoms with Crippen LogP contribution in [0.15, 0.2) is 0 Å². The molecule has 0 aromatic heterocycles. The molecule has 138 valence electrons. The fraction of sp³-hybridized carbons (Fsp3) is 0.824. The van der Waals surface area contributed by atoms with E-state index in [2.05, 4.69) is 0 Å². The third-order valence-corrected chi connectivity index (χ3v) is 3.42. The van der Waals surface area contributed by atoms with Crippen molar-refractivity contribution >= 4 is 18.0 Å². The number of rotatable bonds is 2. The number of amides is 1. The van der Waals surface area contributed by atoms with Gasteiger partial charge in [-0.2, -0.15) is 0 Å². The van der Waals surface area contributed by atoms with Gasteiger partial charge in [0.05, 0.1) is 13.0 Å². The van der Waals surface area contributed by atoms with Crippen molar-refractivity contribution in [2.24, 2.45) is 5.92 Å². The highest BCUT2D eigenvalue weighted by atomic mass is 16.6. The number of carbonyl (C=O) groups is 3. The molecule has 0 aromatic rings. The zero-order chi connectivity index (χ0) is 18.7. The lowest BCUT2D eigenvalue weighted by atomic mass is 9.93. The van der Waals surface area contributed by atoms with Gasteiger partial charge in [-0.25, -0.2) is 9.59 Å². The van der Waals surface area contributed by atoms with Crippen LogP contribution in [0.5, 0.6) is 0 Å². The Kier molecular flexibility index (Phi) is 6.25. The normalized spacial score (nSPS) is 21.9. The molecule has 0 spiro atoms. The Balaban J connectivity index is 2.97. The summed E-state index contributed by atoms with van der Waals surface area (Å²) in [6, 6.07) is -0.764. The van der Waals surface area contributed by atoms with Crippen molar-refractivity contribution in [3.05, 3.63) is 0 Å². The number of ether oxygens (including phenoxy) is 3. The lowest BCUT2D eigenvalue weighted by Crippen LogP contribution is -2.54. The Morgan fingerprint density at radius 3 is 1.88 bits per heavy atom. The zero-order valence-electron chi connectivity index (χ0n) is 15.7. The fourth-order valence-electron chi connectivity index (χ4n) is 2.47. The molecule has 0 aromatic carbocycles. The van der Waals surface area contributed by atoms with Crippen molar-refractivity contribution < 1.29 is 28.6 Å². The first-order chi connectivity index (χ1) is 10.8. The number of nitrogens with zero attached hydrogens (tertiary/aromatic N) is 1. The molecule has 1 rings (SSSR count). The molecule has 2 atom stereocenters. The number of piperidine rings is 1. The van der Waals surface area contributed by atoms with E-state index in [1.807, 2.05) is 0 Å². The van der Waals surface area contributed by atoms with E-state index < -0.39 is 41.2 Å². The molecule has 7 heteroatoms. The standard InChI is InChI=1S/C17H29NO6/c1-16(2,3)23-14(20)12-9-8-11(13(19)22-7)10-18(12)15(21)24-17(4,5)6/h11-12H,8-10H2,1-7H3/t11-,12-/m0/s1. The molecule has 0 unspecified atom stereocenters. The van der Waals surface area contributed by atoms with E-state index in [4.69, 9.17) is 14.2 Å². The fourth-order valence-corrected chi connectivity index (χ4v) is 2.47. The van der Waals surface area contributed by atoms with Crippen LogP contribution >= 0.6 is 0 Å². The highest BCUT2D eigenvalue weighted by Crippen LogP contribution is 2.27. The van der Waals surface area contributed by atoms with Gasteiger partial charge in [0.1, 0.15) is 17.2 Å². The number of hydrogen-bond acceptors (Lipinski definition) is 6. The highest BCUT2D eigenvalue weighted by Gasteiger charge is 2.42. The quantitative estimate of drug-likeness (QED) is 0.566. The molecule has 1 aliphatic heterocycles. The van der Waals surface area contributed by atoms with Crippen LogP contribution in [0.3, 0.4) is 0 Å². The molecule has 7 nitrogen and oxygen atoms in total. The molecule has 0 aliphatic carbocycles. The van der Waals surface area contributed by atoms with Gasteiger partial charge < -0.3 is 14.2 Å². The van der Waals surface area contributed by atoms with Crippen molar-refractivity contribution in [2.75, 3.05) is 13.7 Å². The van der Waals surface area contributed by atoms with Gasteiger partial charge in [0.25, 0.3) is 0 Å². The summed E-state index contributed by atoms with van der Waals surface area (Å²) < 4.78 is 15.5. The number of likely N-dealkylation sites (tertiary alicyclic amines) is 1. The lowest BCUT2D eigenvalue weighted by Gasteiger charge is -2.38. The number of methoxy groups -OCH3 is 1. The molecule has 1 saturated heterocycles. The third kappa shape index (κ3) is 6.02. The number of carbonyl (C=O) groups excluding carboxylic acids is 3. The molecule has 1 amide bonds. The molecule has 1 heterocycles. The first-order valence-corrected chi connectivity index (χ1v) is 8.14. The van der Waals surface area contributed by atoms with E-state index in [-0.39, 0.29) is 6.54 Å². The van der Waals surface area contributed by atoms with Crippen molar-refractivity contribution in [1.82, 2.24) is 4.90 Å². The van der Waals surface area contributed by atoms with Gasteiger partial charge in [0.2, 0.25) is 0 Å². The molecule has 0 saturated carbocycles. The Hall–Kier alpha value is -1.79. The van der Waals surface area contributed by atoms with E-state index in [9.17, 15) is 14.4 Å². The SMILES string of the molecule is COC(=O)[C@H]1CC[C@@H](C(=O)OC(C)(C)C)N(C(=O)OC(C)(C)C)C1. The average molecular weight is 343 g/mol. The minimum atomic E-state index is -0.764. The monoisotopic (exact) mass is 343 g/mol. The summed E-state index contributed by atoms with van der Waals surface area (Å²) in [5, 5.41) is 0. The van der Waals surface area contributed by atoms with Crippen molar-refractivity contribution in [1.29, 1.82) is 0 Å². The van der Waals surface area contributed by atoms with Gasteiger partial charge in [-0.15, -0.1) is 0 Å². The first-order valence-electron chi connectivity index (χ1n) is 8.14. The molecular formula is C17H29NO6. The second-order valence-corrected chi connectivity index (χ2v) is 7.98. The summed E-state index contributed by atoms with van der Waals surface area (Å²) in [7, 11) is 1.31. The van der Waals surface area contributed by atoms with Crippen LogP contribution in [0.25, 0.3) is 0 Å². The van der Waals surface area contributed by atoms with Crippen LogP contribution in [0.2, 0.25) is 0 Å². The molecular weight excluding hydrogens is 314 g/mol. The molecule has 0 bridgehead atoms. The number of hydrogen-bond donors (Lipinski definition) is 0. The summed E-state index contributed by atoms with van der Waals surface area (Å²) in [6.45, 7) is 10.6. The van der Waals surface area contributed by atoms with Crippen LogP contribution in [0, 0.1) is 5.92 Å².